The van der Waals surface area contributed by atoms with Gasteiger partial charge in [0.1, 0.15) is 17.3 Å². The predicted molar refractivity (Wildman–Crippen MR) is 77.7 cm³/mol. The molecular formula is C16H21FN2O. The van der Waals surface area contributed by atoms with Gasteiger partial charge in [-0.15, -0.1) is 0 Å². The van der Waals surface area contributed by atoms with Crippen molar-refractivity contribution in [2.24, 2.45) is 5.73 Å². The topological polar surface area (TPSA) is 42.4 Å². The van der Waals surface area contributed by atoms with E-state index in [9.17, 15) is 4.39 Å². The van der Waals surface area contributed by atoms with E-state index >= 15 is 0 Å². The molecule has 0 radical (unpaired) electrons. The van der Waals surface area contributed by atoms with E-state index in [4.69, 9.17) is 10.2 Å². The Bertz CT molecular complexity index is 553. The molecule has 0 fully saturated rings. The number of benzene rings is 1. The van der Waals surface area contributed by atoms with Crippen molar-refractivity contribution in [3.8, 4) is 0 Å². The van der Waals surface area contributed by atoms with Gasteiger partial charge in [-0.25, -0.2) is 4.39 Å². The summed E-state index contributed by atoms with van der Waals surface area (Å²) in [6.07, 6.45) is 0.705. The average Bonchev–Trinajstić information content (AvgIpc) is 2.82. The van der Waals surface area contributed by atoms with Crippen LogP contribution in [0.4, 0.5) is 4.39 Å². The second-order valence-electron chi connectivity index (χ2n) is 5.17. The van der Waals surface area contributed by atoms with Crippen molar-refractivity contribution < 1.29 is 8.81 Å². The van der Waals surface area contributed by atoms with Crippen molar-refractivity contribution in [1.29, 1.82) is 0 Å². The van der Waals surface area contributed by atoms with E-state index in [1.54, 1.807) is 12.1 Å². The summed E-state index contributed by atoms with van der Waals surface area (Å²) in [5.74, 6) is 1.62. The van der Waals surface area contributed by atoms with E-state index in [1.807, 2.05) is 32.2 Å². The van der Waals surface area contributed by atoms with E-state index in [0.29, 0.717) is 12.0 Å². The molecule has 0 saturated carbocycles. The van der Waals surface area contributed by atoms with Crippen LogP contribution in [0.5, 0.6) is 0 Å². The molecule has 2 N–H and O–H groups in total. The van der Waals surface area contributed by atoms with Crippen molar-refractivity contribution in [2.75, 3.05) is 13.6 Å². The van der Waals surface area contributed by atoms with Gasteiger partial charge < -0.3 is 10.2 Å². The first-order chi connectivity index (χ1) is 9.56. The Kier molecular flexibility index (Phi) is 4.93. The second-order valence-corrected chi connectivity index (χ2v) is 5.17. The Balaban J connectivity index is 1.84. The summed E-state index contributed by atoms with van der Waals surface area (Å²) in [6.45, 7) is 3.45. The highest BCUT2D eigenvalue weighted by Gasteiger charge is 2.12. The number of nitrogens with zero attached hydrogens (tertiary/aromatic N) is 1. The quantitative estimate of drug-likeness (QED) is 0.880. The summed E-state index contributed by atoms with van der Waals surface area (Å²) >= 11 is 0. The number of hydrogen-bond donors (Lipinski definition) is 1. The van der Waals surface area contributed by atoms with Gasteiger partial charge in [-0.1, -0.05) is 18.2 Å². The molecule has 2 aromatic rings. The van der Waals surface area contributed by atoms with E-state index in [-0.39, 0.29) is 11.9 Å². The summed E-state index contributed by atoms with van der Waals surface area (Å²) in [4.78, 5) is 2.12. The third-order valence-corrected chi connectivity index (χ3v) is 3.35. The molecular weight excluding hydrogens is 255 g/mol. The highest BCUT2D eigenvalue weighted by Crippen LogP contribution is 2.18. The van der Waals surface area contributed by atoms with Crippen molar-refractivity contribution in [2.45, 2.75) is 25.9 Å². The van der Waals surface area contributed by atoms with Gasteiger partial charge in [0.2, 0.25) is 0 Å². The van der Waals surface area contributed by atoms with Crippen LogP contribution in [0, 0.1) is 12.7 Å². The monoisotopic (exact) mass is 276 g/mol. The van der Waals surface area contributed by atoms with Crippen LogP contribution >= 0.6 is 0 Å². The van der Waals surface area contributed by atoms with Crippen molar-refractivity contribution in [1.82, 2.24) is 4.90 Å². The lowest BCUT2D eigenvalue weighted by Crippen LogP contribution is -2.23. The highest BCUT2D eigenvalue weighted by atomic mass is 19.1. The Morgan fingerprint density at radius 3 is 2.65 bits per heavy atom. The van der Waals surface area contributed by atoms with Crippen LogP contribution in [0.3, 0.4) is 0 Å². The molecule has 1 aromatic carbocycles. The first-order valence-electron chi connectivity index (χ1n) is 6.80. The van der Waals surface area contributed by atoms with Crippen LogP contribution < -0.4 is 5.73 Å². The predicted octanol–water partition coefficient (Wildman–Crippen LogP) is 3.25. The van der Waals surface area contributed by atoms with Crippen LogP contribution in [0.25, 0.3) is 0 Å². The molecule has 1 aromatic heterocycles. The Morgan fingerprint density at radius 1 is 1.25 bits per heavy atom. The molecule has 0 bridgehead atoms. The van der Waals surface area contributed by atoms with Crippen LogP contribution in [0.2, 0.25) is 0 Å². The van der Waals surface area contributed by atoms with E-state index in [1.165, 1.54) is 6.07 Å². The van der Waals surface area contributed by atoms with E-state index < -0.39 is 0 Å². The molecule has 1 atom stereocenters. The van der Waals surface area contributed by atoms with Gasteiger partial charge in [0.05, 0.1) is 6.54 Å². The minimum Gasteiger partial charge on any atom is -0.465 e. The largest absolute Gasteiger partial charge is 0.465 e. The van der Waals surface area contributed by atoms with Crippen molar-refractivity contribution in [3.05, 3.63) is 59.3 Å². The van der Waals surface area contributed by atoms with Gasteiger partial charge in [-0.05, 0) is 38.6 Å². The fourth-order valence-electron chi connectivity index (χ4n) is 2.21. The average molecular weight is 276 g/mol. The van der Waals surface area contributed by atoms with Gasteiger partial charge in [0.15, 0.2) is 0 Å². The molecule has 0 aliphatic rings. The molecule has 3 nitrogen and oxygen atoms in total. The smallest absolute Gasteiger partial charge is 0.127 e. The Labute approximate surface area is 119 Å². The summed E-state index contributed by atoms with van der Waals surface area (Å²) < 4.78 is 19.1. The van der Waals surface area contributed by atoms with Crippen LogP contribution in [0.15, 0.2) is 40.8 Å². The zero-order valence-corrected chi connectivity index (χ0v) is 12.0. The number of rotatable bonds is 6. The maximum atomic E-state index is 13.6. The maximum Gasteiger partial charge on any atom is 0.127 e. The summed E-state index contributed by atoms with van der Waals surface area (Å²) in [5.41, 5.74) is 6.63. The highest BCUT2D eigenvalue weighted by molar-refractivity contribution is 5.20. The van der Waals surface area contributed by atoms with Gasteiger partial charge in [0, 0.05) is 18.2 Å². The Morgan fingerprint density at radius 2 is 2.00 bits per heavy atom. The van der Waals surface area contributed by atoms with Gasteiger partial charge in [-0.3, -0.25) is 4.90 Å². The molecule has 4 heteroatoms. The fourth-order valence-corrected chi connectivity index (χ4v) is 2.21. The first kappa shape index (κ1) is 14.8. The summed E-state index contributed by atoms with van der Waals surface area (Å²) in [7, 11) is 2.01. The number of nitrogens with two attached hydrogens (primary N) is 1. The normalized spacial score (nSPS) is 12.8. The zero-order chi connectivity index (χ0) is 14.5. The summed E-state index contributed by atoms with van der Waals surface area (Å²) in [5, 5.41) is 0. The van der Waals surface area contributed by atoms with Gasteiger partial charge >= 0.3 is 0 Å². The molecule has 0 spiro atoms. The lowest BCUT2D eigenvalue weighted by atomic mass is 10.0. The molecule has 108 valence electrons. The van der Waals surface area contributed by atoms with E-state index in [0.717, 1.165) is 24.6 Å². The minimum atomic E-state index is -0.281. The second kappa shape index (κ2) is 6.68. The minimum absolute atomic E-state index is 0.232. The molecule has 0 aliphatic heterocycles. The zero-order valence-electron chi connectivity index (χ0n) is 12.0. The van der Waals surface area contributed by atoms with Crippen molar-refractivity contribution in [3.63, 3.8) is 0 Å². The number of furan rings is 1. The molecule has 0 aliphatic carbocycles. The van der Waals surface area contributed by atoms with Crippen LogP contribution in [-0.2, 0) is 6.54 Å². The molecule has 0 amide bonds. The molecule has 1 heterocycles. The number of halogens is 1. The maximum absolute atomic E-state index is 13.6. The molecule has 20 heavy (non-hydrogen) atoms. The number of hydrogen-bond acceptors (Lipinski definition) is 3. The first-order valence-corrected chi connectivity index (χ1v) is 6.80. The lowest BCUT2D eigenvalue weighted by Gasteiger charge is -2.19. The van der Waals surface area contributed by atoms with Gasteiger partial charge in [0.25, 0.3) is 0 Å². The fraction of sp³-hybridized carbons (Fsp3) is 0.375. The standard InChI is InChI=1S/C16H21FN2O/c1-12-7-8-13(20-12)11-19(2)10-9-16(18)14-5-3-4-6-15(14)17/h3-8,16H,9-11,18H2,1-2H3. The molecule has 0 saturated heterocycles. The SMILES string of the molecule is Cc1ccc(CN(C)CCC(N)c2ccccc2F)o1. The van der Waals surface area contributed by atoms with E-state index in [2.05, 4.69) is 4.90 Å². The lowest BCUT2D eigenvalue weighted by molar-refractivity contribution is 0.281. The number of aryl methyl sites for hydroxylation is 1. The van der Waals surface area contributed by atoms with Crippen LogP contribution in [0.1, 0.15) is 29.5 Å². The third kappa shape index (κ3) is 3.92. The van der Waals surface area contributed by atoms with Crippen molar-refractivity contribution >= 4 is 0 Å². The molecule has 1 unspecified atom stereocenters. The Hall–Kier alpha value is -1.65. The molecule has 2 rings (SSSR count). The third-order valence-electron chi connectivity index (χ3n) is 3.35. The van der Waals surface area contributed by atoms with Gasteiger partial charge in [-0.2, -0.15) is 0 Å². The van der Waals surface area contributed by atoms with Crippen LogP contribution in [-0.4, -0.2) is 18.5 Å². The summed E-state index contributed by atoms with van der Waals surface area (Å²) in [6, 6.07) is 10.3.